The fraction of sp³-hybridized carbons (Fsp3) is 0.536. The molecule has 1 aromatic heterocycles. The Hall–Kier alpha value is -3.45. The van der Waals surface area contributed by atoms with Crippen LogP contribution < -0.4 is 29.1 Å². The van der Waals surface area contributed by atoms with Crippen molar-refractivity contribution >= 4 is 21.9 Å². The zero-order chi connectivity index (χ0) is 31.9. The molecule has 0 radical (unpaired) electrons. The molecule has 3 aromatic rings. The van der Waals surface area contributed by atoms with Gasteiger partial charge in [0, 0.05) is 0 Å². The fourth-order valence-corrected chi connectivity index (χ4v) is 5.14. The molecule has 0 spiro atoms. The van der Waals surface area contributed by atoms with Crippen molar-refractivity contribution in [2.75, 3.05) is 41.7 Å². The largest absolute Gasteiger partial charge is 0.497 e. The van der Waals surface area contributed by atoms with Crippen LogP contribution >= 0.6 is 0 Å². The first kappa shape index (κ1) is 32.0. The molecule has 0 amide bonds. The Morgan fingerprint density at radius 1 is 0.773 bits per heavy atom. The lowest BCUT2D eigenvalue weighted by molar-refractivity contribution is -0.307. The van der Waals surface area contributed by atoms with Crippen molar-refractivity contribution in [2.45, 2.75) is 55.3 Å². The Morgan fingerprint density at radius 2 is 1.43 bits per heavy atom. The minimum atomic E-state index is -1.85. The molecule has 3 heterocycles. The number of ether oxygens (including phenoxy) is 8. The van der Waals surface area contributed by atoms with Crippen molar-refractivity contribution < 1.29 is 73.0 Å². The van der Waals surface area contributed by atoms with Crippen LogP contribution in [0.15, 0.2) is 27.4 Å². The first-order chi connectivity index (χ1) is 21.1. The van der Waals surface area contributed by atoms with E-state index in [0.717, 1.165) is 0 Å². The highest BCUT2D eigenvalue weighted by atomic mass is 16.7. The van der Waals surface area contributed by atoms with Crippen molar-refractivity contribution in [1.29, 1.82) is 0 Å². The standard InChI is InChI=1S/C28H34O16/c1-36-10-5-6-13-11(7-10)16(30)15-22(42-13)24(37-2)26(39-4)25(38-3)23(15)44-28-21(35)19(33)18(32)14(43-28)9-41-27-20(34)17(31)12(29)8-40-27/h5-7,12,14,17-21,27-29,31-35H,8-9H2,1-4H3/t12-,14-,17-,18-,19-,20-,21-,27-,28-/m1/s1. The van der Waals surface area contributed by atoms with E-state index in [4.69, 9.17) is 42.3 Å². The van der Waals surface area contributed by atoms with Gasteiger partial charge in [-0.25, -0.2) is 0 Å². The van der Waals surface area contributed by atoms with Crippen LogP contribution in [0.2, 0.25) is 0 Å². The smallest absolute Gasteiger partial charge is 0.229 e. The third-order valence-corrected chi connectivity index (χ3v) is 7.54. The lowest BCUT2D eigenvalue weighted by atomic mass is 9.99. The average Bonchev–Trinajstić information content (AvgIpc) is 3.03. The van der Waals surface area contributed by atoms with Gasteiger partial charge in [-0.2, -0.15) is 0 Å². The second-order valence-corrected chi connectivity index (χ2v) is 10.1. The molecular formula is C28H34O16. The van der Waals surface area contributed by atoms with Crippen LogP contribution in [0.3, 0.4) is 0 Å². The highest BCUT2D eigenvalue weighted by molar-refractivity contribution is 6.00. The Morgan fingerprint density at radius 3 is 2.09 bits per heavy atom. The van der Waals surface area contributed by atoms with Gasteiger partial charge in [-0.05, 0) is 18.2 Å². The maximum absolute atomic E-state index is 13.9. The minimum absolute atomic E-state index is 0.00621. The first-order valence-corrected chi connectivity index (χ1v) is 13.5. The molecule has 16 nitrogen and oxygen atoms in total. The van der Waals surface area contributed by atoms with E-state index in [-0.39, 0.29) is 51.5 Å². The third kappa shape index (κ3) is 5.48. The van der Waals surface area contributed by atoms with Gasteiger partial charge in [-0.15, -0.1) is 0 Å². The van der Waals surface area contributed by atoms with E-state index in [0.29, 0.717) is 5.75 Å². The quantitative estimate of drug-likeness (QED) is 0.151. The summed E-state index contributed by atoms with van der Waals surface area (Å²) in [5, 5.41) is 61.8. The van der Waals surface area contributed by atoms with Gasteiger partial charge in [-0.1, -0.05) is 0 Å². The van der Waals surface area contributed by atoms with E-state index >= 15 is 0 Å². The number of rotatable bonds is 9. The molecule has 2 saturated heterocycles. The number of hydrogen-bond acceptors (Lipinski definition) is 16. The van der Waals surface area contributed by atoms with Gasteiger partial charge >= 0.3 is 0 Å². The van der Waals surface area contributed by atoms with E-state index in [1.807, 2.05) is 0 Å². The third-order valence-electron chi connectivity index (χ3n) is 7.54. The van der Waals surface area contributed by atoms with E-state index in [9.17, 15) is 35.4 Å². The van der Waals surface area contributed by atoms with Gasteiger partial charge in [0.15, 0.2) is 17.6 Å². The highest BCUT2D eigenvalue weighted by Crippen LogP contribution is 2.51. The molecule has 2 aromatic carbocycles. The van der Waals surface area contributed by atoms with Crippen molar-refractivity contribution in [2.24, 2.45) is 0 Å². The fourth-order valence-electron chi connectivity index (χ4n) is 5.14. The van der Waals surface area contributed by atoms with Crippen LogP contribution in [-0.2, 0) is 14.2 Å². The summed E-state index contributed by atoms with van der Waals surface area (Å²) in [6.07, 6.45) is -14.4. The molecule has 0 unspecified atom stereocenters. The van der Waals surface area contributed by atoms with Crippen LogP contribution in [0, 0.1) is 0 Å². The molecule has 9 atom stereocenters. The molecule has 2 aliphatic heterocycles. The normalized spacial score (nSPS) is 30.7. The second-order valence-electron chi connectivity index (χ2n) is 10.1. The van der Waals surface area contributed by atoms with Crippen molar-refractivity contribution in [3.63, 3.8) is 0 Å². The molecule has 16 heteroatoms. The summed E-state index contributed by atoms with van der Waals surface area (Å²) in [6.45, 7) is -0.856. The summed E-state index contributed by atoms with van der Waals surface area (Å²) in [4.78, 5) is 13.9. The maximum atomic E-state index is 13.9. The molecule has 44 heavy (non-hydrogen) atoms. The molecule has 0 bridgehead atoms. The Labute approximate surface area is 249 Å². The highest BCUT2D eigenvalue weighted by Gasteiger charge is 2.47. The van der Waals surface area contributed by atoms with Crippen molar-refractivity contribution in [3.05, 3.63) is 28.4 Å². The molecule has 242 valence electrons. The number of fused-ring (bicyclic) bond motifs is 2. The van der Waals surface area contributed by atoms with Crippen LogP contribution in [0.1, 0.15) is 0 Å². The minimum Gasteiger partial charge on any atom is -0.497 e. The van der Waals surface area contributed by atoms with Crippen LogP contribution in [0.25, 0.3) is 21.9 Å². The van der Waals surface area contributed by atoms with E-state index in [2.05, 4.69) is 0 Å². The number of aliphatic hydroxyl groups is 6. The van der Waals surface area contributed by atoms with Crippen LogP contribution in [0.5, 0.6) is 28.7 Å². The van der Waals surface area contributed by atoms with Gasteiger partial charge in [0.1, 0.15) is 59.4 Å². The predicted octanol–water partition coefficient (Wildman–Crippen LogP) is -1.38. The zero-order valence-corrected chi connectivity index (χ0v) is 24.1. The molecule has 0 saturated carbocycles. The number of benzene rings is 2. The van der Waals surface area contributed by atoms with Gasteiger partial charge in [0.05, 0.1) is 47.0 Å². The summed E-state index contributed by atoms with van der Waals surface area (Å²) in [7, 11) is 5.36. The van der Waals surface area contributed by atoms with Gasteiger partial charge in [-0.3, -0.25) is 4.79 Å². The number of methoxy groups -OCH3 is 4. The van der Waals surface area contributed by atoms with Gasteiger partial charge < -0.3 is 73.0 Å². The zero-order valence-electron chi connectivity index (χ0n) is 24.1. The lowest BCUT2D eigenvalue weighted by Crippen LogP contribution is -2.61. The second kappa shape index (κ2) is 12.9. The van der Waals surface area contributed by atoms with Crippen molar-refractivity contribution in [1.82, 2.24) is 0 Å². The monoisotopic (exact) mass is 626 g/mol. The van der Waals surface area contributed by atoms with E-state index < -0.39 is 67.3 Å². The summed E-state index contributed by atoms with van der Waals surface area (Å²) in [5.74, 6) is -0.0785. The molecule has 6 N–H and O–H groups in total. The van der Waals surface area contributed by atoms with Crippen molar-refractivity contribution in [3.8, 4) is 28.7 Å². The number of hydrogen-bond donors (Lipinski definition) is 6. The van der Waals surface area contributed by atoms with E-state index in [1.165, 1.54) is 40.6 Å². The van der Waals surface area contributed by atoms with E-state index in [1.54, 1.807) is 6.07 Å². The topological polar surface area (TPSA) is 225 Å². The molecule has 2 aliphatic rings. The lowest BCUT2D eigenvalue weighted by Gasteiger charge is -2.41. The van der Waals surface area contributed by atoms with Crippen LogP contribution in [-0.4, -0.2) is 128 Å². The Kier molecular flexibility index (Phi) is 9.36. The molecule has 5 rings (SSSR count). The molecule has 2 fully saturated rings. The maximum Gasteiger partial charge on any atom is 0.229 e. The first-order valence-electron chi connectivity index (χ1n) is 13.5. The van der Waals surface area contributed by atoms with Crippen LogP contribution in [0.4, 0.5) is 0 Å². The summed E-state index contributed by atoms with van der Waals surface area (Å²) in [5.41, 5.74) is -0.489. The van der Waals surface area contributed by atoms with Gasteiger partial charge in [0.2, 0.25) is 29.0 Å². The van der Waals surface area contributed by atoms with Gasteiger partial charge in [0.25, 0.3) is 0 Å². The SMILES string of the molecule is COc1ccc2oc3c(OC)c(OC)c(OC)c(O[C@H]4O[C@H](CO[C@H]5OC[C@@H](O)[C@@H](O)[C@H]5O)[C@@H](O)[C@@H](O)[C@H]4O)c3c(=O)c2c1. The predicted molar refractivity (Wildman–Crippen MR) is 147 cm³/mol. The Balaban J connectivity index is 1.55. The number of aliphatic hydroxyl groups excluding tert-OH is 6. The molecule has 0 aliphatic carbocycles. The summed E-state index contributed by atoms with van der Waals surface area (Å²) < 4.78 is 50.3. The Bertz CT molecular complexity index is 1540. The summed E-state index contributed by atoms with van der Waals surface area (Å²) in [6, 6.07) is 4.60. The summed E-state index contributed by atoms with van der Waals surface area (Å²) >= 11 is 0. The average molecular weight is 627 g/mol. The molecular weight excluding hydrogens is 592 g/mol.